The van der Waals surface area contributed by atoms with Crippen molar-refractivity contribution in [3.8, 4) is 0 Å². The number of amides is 1. The highest BCUT2D eigenvalue weighted by Crippen LogP contribution is 2.13. The molecule has 0 spiro atoms. The Morgan fingerprint density at radius 3 is 3.00 bits per heavy atom. The molecule has 3 aromatic rings. The van der Waals surface area contributed by atoms with Gasteiger partial charge in [-0.2, -0.15) is 5.10 Å². The highest BCUT2D eigenvalue weighted by molar-refractivity contribution is 5.97. The molecule has 3 rings (SSSR count). The van der Waals surface area contributed by atoms with Gasteiger partial charge in [0, 0.05) is 41.9 Å². The number of aromatic amines is 1. The van der Waals surface area contributed by atoms with Crippen molar-refractivity contribution in [3.05, 3.63) is 60.0 Å². The van der Waals surface area contributed by atoms with Gasteiger partial charge in [0.15, 0.2) is 0 Å². The van der Waals surface area contributed by atoms with Crippen molar-refractivity contribution in [1.29, 1.82) is 0 Å². The number of rotatable bonds is 6. The summed E-state index contributed by atoms with van der Waals surface area (Å²) in [6.45, 7) is 0.396. The second kappa shape index (κ2) is 7.02. The summed E-state index contributed by atoms with van der Waals surface area (Å²) in [6, 6.07) is 11.1. The summed E-state index contributed by atoms with van der Waals surface area (Å²) in [7, 11) is 0. The number of hydrogen-bond acceptors (Lipinski definition) is 4. The molecule has 0 saturated heterocycles. The number of nitrogens with one attached hydrogen (secondary N) is 2. The standard InChI is InChI=1S/C17H18N4O2/c22-11-12(7-15-3-1-2-6-18-15)9-19-17(23)13-4-5-16-14(8-13)10-20-21-16/h1-6,8,10,12,22H,7,9,11H2,(H,19,23)(H,20,21). The quantitative estimate of drug-likeness (QED) is 0.644. The van der Waals surface area contributed by atoms with Crippen LogP contribution in [-0.4, -0.2) is 39.3 Å². The van der Waals surface area contributed by atoms with Crippen LogP contribution >= 0.6 is 0 Å². The number of fused-ring (bicyclic) bond motifs is 1. The second-order valence-corrected chi connectivity index (χ2v) is 5.46. The number of hydrogen-bond donors (Lipinski definition) is 3. The molecule has 1 atom stereocenters. The highest BCUT2D eigenvalue weighted by Gasteiger charge is 2.13. The summed E-state index contributed by atoms with van der Waals surface area (Å²) in [4.78, 5) is 16.5. The summed E-state index contributed by atoms with van der Waals surface area (Å²) in [6.07, 6.45) is 4.03. The number of carbonyl (C=O) groups is 1. The van der Waals surface area contributed by atoms with Gasteiger partial charge in [0.05, 0.1) is 11.7 Å². The number of aromatic nitrogens is 3. The van der Waals surface area contributed by atoms with Crippen LogP contribution in [0.25, 0.3) is 10.9 Å². The van der Waals surface area contributed by atoms with E-state index in [1.165, 1.54) is 0 Å². The Bertz CT molecular complexity index is 785. The molecule has 1 amide bonds. The summed E-state index contributed by atoms with van der Waals surface area (Å²) < 4.78 is 0. The molecule has 0 saturated carbocycles. The van der Waals surface area contributed by atoms with Crippen LogP contribution in [0.15, 0.2) is 48.8 Å². The maximum Gasteiger partial charge on any atom is 0.251 e. The molecule has 2 aromatic heterocycles. The zero-order valence-electron chi connectivity index (χ0n) is 12.6. The third kappa shape index (κ3) is 3.73. The molecule has 0 bridgehead atoms. The third-order valence-electron chi connectivity index (χ3n) is 3.74. The molecule has 23 heavy (non-hydrogen) atoms. The molecule has 0 fully saturated rings. The Morgan fingerprint density at radius 1 is 1.30 bits per heavy atom. The minimum absolute atomic E-state index is 0.00236. The number of H-pyrrole nitrogens is 1. The number of benzene rings is 1. The van der Waals surface area contributed by atoms with Gasteiger partial charge >= 0.3 is 0 Å². The summed E-state index contributed by atoms with van der Waals surface area (Å²) >= 11 is 0. The van der Waals surface area contributed by atoms with Crippen LogP contribution in [0.1, 0.15) is 16.1 Å². The monoisotopic (exact) mass is 310 g/mol. The Kier molecular flexibility index (Phi) is 4.63. The largest absolute Gasteiger partial charge is 0.396 e. The molecule has 2 heterocycles. The smallest absolute Gasteiger partial charge is 0.251 e. The summed E-state index contributed by atoms with van der Waals surface area (Å²) in [5, 5.41) is 20.0. The van der Waals surface area contributed by atoms with E-state index in [9.17, 15) is 9.90 Å². The lowest BCUT2D eigenvalue weighted by Crippen LogP contribution is -2.32. The zero-order chi connectivity index (χ0) is 16.1. The van der Waals surface area contributed by atoms with E-state index in [1.54, 1.807) is 24.5 Å². The Balaban J connectivity index is 1.60. The first-order valence-corrected chi connectivity index (χ1v) is 7.48. The fourth-order valence-electron chi connectivity index (χ4n) is 2.44. The van der Waals surface area contributed by atoms with Gasteiger partial charge in [-0.25, -0.2) is 0 Å². The fraction of sp³-hybridized carbons (Fsp3) is 0.235. The number of pyridine rings is 1. The molecular weight excluding hydrogens is 292 g/mol. The van der Waals surface area contributed by atoms with Crippen LogP contribution in [0.3, 0.4) is 0 Å². The van der Waals surface area contributed by atoms with E-state index < -0.39 is 0 Å². The first-order valence-electron chi connectivity index (χ1n) is 7.48. The first kappa shape index (κ1) is 15.2. The van der Waals surface area contributed by atoms with E-state index in [1.807, 2.05) is 24.3 Å². The summed E-state index contributed by atoms with van der Waals surface area (Å²) in [5.74, 6) is -0.223. The SMILES string of the molecule is O=C(NCC(CO)Cc1ccccn1)c1ccc2[nH]ncc2c1. The maximum absolute atomic E-state index is 12.2. The van der Waals surface area contributed by atoms with Crippen molar-refractivity contribution in [1.82, 2.24) is 20.5 Å². The highest BCUT2D eigenvalue weighted by atomic mass is 16.3. The predicted octanol–water partition coefficient (Wildman–Crippen LogP) is 1.54. The van der Waals surface area contributed by atoms with Gasteiger partial charge in [-0.05, 0) is 36.8 Å². The van der Waals surface area contributed by atoms with Gasteiger partial charge in [0.2, 0.25) is 0 Å². The maximum atomic E-state index is 12.2. The topological polar surface area (TPSA) is 90.9 Å². The molecule has 1 unspecified atom stereocenters. The molecule has 0 aliphatic heterocycles. The molecule has 3 N–H and O–H groups in total. The van der Waals surface area contributed by atoms with Gasteiger partial charge in [-0.3, -0.25) is 14.9 Å². The second-order valence-electron chi connectivity index (χ2n) is 5.46. The normalized spacial score (nSPS) is 12.2. The van der Waals surface area contributed by atoms with Gasteiger partial charge in [0.1, 0.15) is 0 Å². The van der Waals surface area contributed by atoms with E-state index in [2.05, 4.69) is 20.5 Å². The molecule has 118 valence electrons. The number of aliphatic hydroxyl groups excluding tert-OH is 1. The van der Waals surface area contributed by atoms with Crippen molar-refractivity contribution in [2.45, 2.75) is 6.42 Å². The third-order valence-corrected chi connectivity index (χ3v) is 3.74. The van der Waals surface area contributed by atoms with E-state index in [-0.39, 0.29) is 18.4 Å². The van der Waals surface area contributed by atoms with Gasteiger partial charge in [-0.15, -0.1) is 0 Å². The van der Waals surface area contributed by atoms with Crippen LogP contribution in [0.5, 0.6) is 0 Å². The molecule has 0 aliphatic rings. The molecule has 6 nitrogen and oxygen atoms in total. The zero-order valence-corrected chi connectivity index (χ0v) is 12.6. The van der Waals surface area contributed by atoms with Crippen molar-refractivity contribution in [3.63, 3.8) is 0 Å². The van der Waals surface area contributed by atoms with Crippen LogP contribution < -0.4 is 5.32 Å². The Morgan fingerprint density at radius 2 is 2.22 bits per heavy atom. The Labute approximate surface area is 133 Å². The molecular formula is C17H18N4O2. The van der Waals surface area contributed by atoms with Crippen molar-refractivity contribution in [2.24, 2.45) is 5.92 Å². The minimum atomic E-state index is -0.160. The summed E-state index contributed by atoms with van der Waals surface area (Å²) in [5.41, 5.74) is 2.37. The first-order chi connectivity index (χ1) is 11.3. The van der Waals surface area contributed by atoms with E-state index in [0.717, 1.165) is 16.6 Å². The average molecular weight is 310 g/mol. The van der Waals surface area contributed by atoms with Crippen molar-refractivity contribution in [2.75, 3.05) is 13.2 Å². The lowest BCUT2D eigenvalue weighted by Gasteiger charge is -2.14. The van der Waals surface area contributed by atoms with Crippen molar-refractivity contribution >= 4 is 16.8 Å². The molecule has 0 radical (unpaired) electrons. The lowest BCUT2D eigenvalue weighted by molar-refractivity contribution is 0.0940. The van der Waals surface area contributed by atoms with E-state index >= 15 is 0 Å². The van der Waals surface area contributed by atoms with Gasteiger partial charge in [0.25, 0.3) is 5.91 Å². The fourth-order valence-corrected chi connectivity index (χ4v) is 2.44. The number of carbonyl (C=O) groups excluding carboxylic acids is 1. The van der Waals surface area contributed by atoms with E-state index in [0.29, 0.717) is 18.5 Å². The van der Waals surface area contributed by atoms with Crippen molar-refractivity contribution < 1.29 is 9.90 Å². The lowest BCUT2D eigenvalue weighted by atomic mass is 10.0. The minimum Gasteiger partial charge on any atom is -0.396 e. The number of aliphatic hydroxyl groups is 1. The predicted molar refractivity (Wildman–Crippen MR) is 86.9 cm³/mol. The molecule has 0 aliphatic carbocycles. The average Bonchev–Trinajstić information content (AvgIpc) is 3.06. The van der Waals surface area contributed by atoms with Crippen LogP contribution in [-0.2, 0) is 6.42 Å². The van der Waals surface area contributed by atoms with Crippen LogP contribution in [0.2, 0.25) is 0 Å². The van der Waals surface area contributed by atoms with Gasteiger partial charge < -0.3 is 10.4 Å². The Hall–Kier alpha value is -2.73. The van der Waals surface area contributed by atoms with E-state index in [4.69, 9.17) is 0 Å². The molecule has 1 aromatic carbocycles. The van der Waals surface area contributed by atoms with Crippen LogP contribution in [0.4, 0.5) is 0 Å². The number of nitrogens with zero attached hydrogens (tertiary/aromatic N) is 2. The van der Waals surface area contributed by atoms with Crippen LogP contribution in [0, 0.1) is 5.92 Å². The molecule has 6 heteroatoms. The van der Waals surface area contributed by atoms with Gasteiger partial charge in [-0.1, -0.05) is 6.07 Å².